The van der Waals surface area contributed by atoms with Crippen molar-refractivity contribution in [2.24, 2.45) is 5.92 Å². The lowest BCUT2D eigenvalue weighted by Crippen LogP contribution is -2.05. The Morgan fingerprint density at radius 2 is 1.61 bits per heavy atom. The predicted molar refractivity (Wildman–Crippen MR) is 96.2 cm³/mol. The van der Waals surface area contributed by atoms with Gasteiger partial charge in [-0.15, -0.1) is 0 Å². The van der Waals surface area contributed by atoms with Gasteiger partial charge in [-0.05, 0) is 36.0 Å². The molecule has 0 amide bonds. The third-order valence-corrected chi connectivity index (χ3v) is 5.80. The van der Waals surface area contributed by atoms with Gasteiger partial charge >= 0.3 is 0 Å². The van der Waals surface area contributed by atoms with Crippen LogP contribution in [0.25, 0.3) is 0 Å². The van der Waals surface area contributed by atoms with Crippen molar-refractivity contribution in [1.82, 2.24) is 0 Å². The van der Waals surface area contributed by atoms with Gasteiger partial charge in [0, 0.05) is 0 Å². The van der Waals surface area contributed by atoms with Crippen LogP contribution in [0.1, 0.15) is 77.2 Å². The fourth-order valence-electron chi connectivity index (χ4n) is 3.01. The van der Waals surface area contributed by atoms with Gasteiger partial charge in [0.15, 0.2) is 0 Å². The van der Waals surface area contributed by atoms with E-state index in [-0.39, 0.29) is 4.90 Å². The maximum Gasteiger partial charge on any atom is 0.296 e. The molecule has 0 aliphatic heterocycles. The van der Waals surface area contributed by atoms with Crippen LogP contribution in [0.5, 0.6) is 0 Å². The standard InChI is InChI=1S/C19H32O3S/c1-5-6-7-8-9-10-16(2)15-17(3)18-11-13-19(14-12-18)23(20,21)22-4/h11-14,16-17H,5-10,15H2,1-4H3. The Labute approximate surface area is 142 Å². The molecule has 0 radical (unpaired) electrons. The van der Waals surface area contributed by atoms with Crippen LogP contribution in [0.2, 0.25) is 0 Å². The normalized spacial score (nSPS) is 14.6. The molecule has 23 heavy (non-hydrogen) atoms. The molecule has 1 rings (SSSR count). The number of unbranched alkanes of at least 4 members (excludes halogenated alkanes) is 4. The topological polar surface area (TPSA) is 43.4 Å². The highest BCUT2D eigenvalue weighted by atomic mass is 32.2. The van der Waals surface area contributed by atoms with Crippen molar-refractivity contribution in [3.63, 3.8) is 0 Å². The predicted octanol–water partition coefficient (Wildman–Crippen LogP) is 5.51. The van der Waals surface area contributed by atoms with Gasteiger partial charge in [-0.2, -0.15) is 8.42 Å². The molecule has 2 unspecified atom stereocenters. The molecule has 0 spiro atoms. The fraction of sp³-hybridized carbons (Fsp3) is 0.684. The molecule has 0 saturated heterocycles. The first-order chi connectivity index (χ1) is 10.9. The second kappa shape index (κ2) is 10.1. The van der Waals surface area contributed by atoms with Crippen LogP contribution in [0, 0.1) is 5.92 Å². The van der Waals surface area contributed by atoms with Crippen molar-refractivity contribution in [3.05, 3.63) is 29.8 Å². The second-order valence-electron chi connectivity index (χ2n) is 6.63. The number of hydrogen-bond donors (Lipinski definition) is 0. The Balaban J connectivity index is 2.46. The van der Waals surface area contributed by atoms with E-state index < -0.39 is 10.1 Å². The summed E-state index contributed by atoms with van der Waals surface area (Å²) in [6.45, 7) is 6.78. The Morgan fingerprint density at radius 1 is 1.00 bits per heavy atom. The van der Waals surface area contributed by atoms with E-state index in [9.17, 15) is 8.42 Å². The summed E-state index contributed by atoms with van der Waals surface area (Å²) in [7, 11) is -2.39. The van der Waals surface area contributed by atoms with E-state index in [2.05, 4.69) is 25.0 Å². The van der Waals surface area contributed by atoms with Crippen molar-refractivity contribution in [1.29, 1.82) is 0 Å². The summed E-state index contributed by atoms with van der Waals surface area (Å²) >= 11 is 0. The van der Waals surface area contributed by atoms with Gasteiger partial charge in [-0.3, -0.25) is 4.18 Å². The molecule has 0 aliphatic carbocycles. The van der Waals surface area contributed by atoms with Crippen LogP contribution >= 0.6 is 0 Å². The minimum atomic E-state index is -3.58. The molecule has 1 aromatic carbocycles. The molecule has 0 heterocycles. The average molecular weight is 341 g/mol. The van der Waals surface area contributed by atoms with E-state index in [0.29, 0.717) is 11.8 Å². The highest BCUT2D eigenvalue weighted by Crippen LogP contribution is 2.27. The van der Waals surface area contributed by atoms with Crippen LogP contribution in [0.4, 0.5) is 0 Å². The molecule has 4 heteroatoms. The minimum Gasteiger partial charge on any atom is -0.270 e. The smallest absolute Gasteiger partial charge is 0.270 e. The molecule has 0 N–H and O–H groups in total. The molecular formula is C19H32O3S. The number of hydrogen-bond acceptors (Lipinski definition) is 3. The summed E-state index contributed by atoms with van der Waals surface area (Å²) in [6.07, 6.45) is 9.08. The van der Waals surface area contributed by atoms with Gasteiger partial charge in [0.05, 0.1) is 12.0 Å². The summed E-state index contributed by atoms with van der Waals surface area (Å²) < 4.78 is 27.8. The zero-order chi connectivity index (χ0) is 17.3. The van der Waals surface area contributed by atoms with E-state index in [1.807, 2.05) is 12.1 Å². The van der Waals surface area contributed by atoms with Gasteiger partial charge in [-0.1, -0.05) is 71.4 Å². The first-order valence-corrected chi connectivity index (χ1v) is 10.2. The summed E-state index contributed by atoms with van der Waals surface area (Å²) in [5.74, 6) is 1.15. The Kier molecular flexibility index (Phi) is 8.85. The monoisotopic (exact) mass is 340 g/mol. The lowest BCUT2D eigenvalue weighted by molar-refractivity contribution is 0.397. The molecule has 1 aromatic rings. The Morgan fingerprint density at radius 3 is 2.17 bits per heavy atom. The second-order valence-corrected chi connectivity index (χ2v) is 8.35. The van der Waals surface area contributed by atoms with E-state index >= 15 is 0 Å². The summed E-state index contributed by atoms with van der Waals surface area (Å²) in [4.78, 5) is 0.222. The maximum absolute atomic E-state index is 11.6. The van der Waals surface area contributed by atoms with Crippen molar-refractivity contribution in [2.45, 2.75) is 76.5 Å². The molecule has 0 bridgehead atoms. The maximum atomic E-state index is 11.6. The van der Waals surface area contributed by atoms with E-state index in [1.165, 1.54) is 51.2 Å². The summed E-state index contributed by atoms with van der Waals surface area (Å²) in [5, 5.41) is 0. The molecule has 0 fully saturated rings. The minimum absolute atomic E-state index is 0.222. The molecule has 0 aliphatic rings. The lowest BCUT2D eigenvalue weighted by atomic mass is 9.88. The summed E-state index contributed by atoms with van der Waals surface area (Å²) in [6, 6.07) is 7.09. The van der Waals surface area contributed by atoms with Crippen molar-refractivity contribution in [2.75, 3.05) is 7.11 Å². The van der Waals surface area contributed by atoms with E-state index in [0.717, 1.165) is 6.42 Å². The fourth-order valence-corrected chi connectivity index (χ4v) is 3.67. The molecule has 3 nitrogen and oxygen atoms in total. The highest BCUT2D eigenvalue weighted by Gasteiger charge is 2.15. The van der Waals surface area contributed by atoms with Crippen LogP contribution in [-0.4, -0.2) is 15.5 Å². The van der Waals surface area contributed by atoms with Gasteiger partial charge < -0.3 is 0 Å². The van der Waals surface area contributed by atoms with Crippen molar-refractivity contribution < 1.29 is 12.6 Å². The van der Waals surface area contributed by atoms with Crippen LogP contribution in [0.15, 0.2) is 29.2 Å². The van der Waals surface area contributed by atoms with Gasteiger partial charge in [0.25, 0.3) is 10.1 Å². The van der Waals surface area contributed by atoms with Crippen LogP contribution in [0.3, 0.4) is 0 Å². The summed E-state index contributed by atoms with van der Waals surface area (Å²) in [5.41, 5.74) is 1.19. The van der Waals surface area contributed by atoms with Crippen LogP contribution < -0.4 is 0 Å². The zero-order valence-electron chi connectivity index (χ0n) is 15.0. The first kappa shape index (κ1) is 20.2. The lowest BCUT2D eigenvalue weighted by Gasteiger charge is -2.18. The van der Waals surface area contributed by atoms with Gasteiger partial charge in [-0.25, -0.2) is 0 Å². The van der Waals surface area contributed by atoms with Gasteiger partial charge in [0.1, 0.15) is 0 Å². The highest BCUT2D eigenvalue weighted by molar-refractivity contribution is 7.86. The number of rotatable bonds is 11. The van der Waals surface area contributed by atoms with Crippen molar-refractivity contribution in [3.8, 4) is 0 Å². The quantitative estimate of drug-likeness (QED) is 0.394. The number of benzene rings is 1. The SMILES string of the molecule is CCCCCCCC(C)CC(C)c1ccc(S(=O)(=O)OC)cc1. The van der Waals surface area contributed by atoms with E-state index in [1.54, 1.807) is 12.1 Å². The molecule has 0 saturated carbocycles. The average Bonchev–Trinajstić information content (AvgIpc) is 2.54. The Hall–Kier alpha value is -0.870. The molecule has 132 valence electrons. The van der Waals surface area contributed by atoms with E-state index in [4.69, 9.17) is 0 Å². The third-order valence-electron chi connectivity index (χ3n) is 4.51. The van der Waals surface area contributed by atoms with Crippen LogP contribution in [-0.2, 0) is 14.3 Å². The molecule has 0 aromatic heterocycles. The molecular weight excluding hydrogens is 308 g/mol. The third kappa shape index (κ3) is 7.05. The first-order valence-electron chi connectivity index (χ1n) is 8.81. The molecule has 2 atom stereocenters. The zero-order valence-corrected chi connectivity index (χ0v) is 15.9. The van der Waals surface area contributed by atoms with Crippen molar-refractivity contribution >= 4 is 10.1 Å². The Bertz CT molecular complexity index is 534. The largest absolute Gasteiger partial charge is 0.296 e. The van der Waals surface area contributed by atoms with Gasteiger partial charge in [0.2, 0.25) is 0 Å².